The predicted molar refractivity (Wildman–Crippen MR) is 108 cm³/mol. The predicted octanol–water partition coefficient (Wildman–Crippen LogP) is 2.78. The van der Waals surface area contributed by atoms with Gasteiger partial charge in [0, 0.05) is 38.8 Å². The minimum atomic E-state index is 0.354. The fourth-order valence-corrected chi connectivity index (χ4v) is 3.25. The van der Waals surface area contributed by atoms with Crippen LogP contribution in [-0.4, -0.2) is 75.4 Å². The summed E-state index contributed by atoms with van der Waals surface area (Å²) in [5, 5.41) is 3.61. The van der Waals surface area contributed by atoms with E-state index in [1.165, 1.54) is 5.56 Å². The Morgan fingerprint density at radius 3 is 2.50 bits per heavy atom. The SMILES string of the molecule is CCN(CC)CCCOc1ccc(C(C)NCCN2CCOCC2)cc1. The van der Waals surface area contributed by atoms with Crippen molar-refractivity contribution in [3.63, 3.8) is 0 Å². The summed E-state index contributed by atoms with van der Waals surface area (Å²) in [4.78, 5) is 4.88. The maximum Gasteiger partial charge on any atom is 0.119 e. The van der Waals surface area contributed by atoms with Crippen LogP contribution in [0.15, 0.2) is 24.3 Å². The van der Waals surface area contributed by atoms with Gasteiger partial charge in [0.1, 0.15) is 5.75 Å². The van der Waals surface area contributed by atoms with E-state index in [0.717, 1.165) is 77.8 Å². The Morgan fingerprint density at radius 2 is 1.85 bits per heavy atom. The molecule has 1 atom stereocenters. The molecular formula is C21H37N3O2. The van der Waals surface area contributed by atoms with Gasteiger partial charge in [0.15, 0.2) is 0 Å². The molecule has 1 fully saturated rings. The summed E-state index contributed by atoms with van der Waals surface area (Å²) in [6.07, 6.45) is 1.07. The van der Waals surface area contributed by atoms with Gasteiger partial charge in [-0.3, -0.25) is 4.90 Å². The molecule has 0 aliphatic carbocycles. The molecule has 1 aromatic carbocycles. The first kappa shape index (κ1) is 21.2. The maximum atomic E-state index is 5.88. The average Bonchev–Trinajstić information content (AvgIpc) is 2.69. The van der Waals surface area contributed by atoms with Crippen LogP contribution in [0.2, 0.25) is 0 Å². The molecule has 1 N–H and O–H groups in total. The van der Waals surface area contributed by atoms with Gasteiger partial charge in [-0.15, -0.1) is 0 Å². The van der Waals surface area contributed by atoms with Crippen molar-refractivity contribution in [1.29, 1.82) is 0 Å². The molecule has 1 aromatic rings. The van der Waals surface area contributed by atoms with Gasteiger partial charge in [-0.1, -0.05) is 26.0 Å². The number of hydrogen-bond acceptors (Lipinski definition) is 5. The Bertz CT molecular complexity index is 471. The zero-order valence-corrected chi connectivity index (χ0v) is 16.9. The molecule has 5 nitrogen and oxygen atoms in total. The van der Waals surface area contributed by atoms with Crippen LogP contribution in [0, 0.1) is 0 Å². The Hall–Kier alpha value is -1.14. The minimum Gasteiger partial charge on any atom is -0.494 e. The lowest BCUT2D eigenvalue weighted by molar-refractivity contribution is 0.0382. The van der Waals surface area contributed by atoms with Crippen molar-refractivity contribution in [2.75, 3.05) is 65.6 Å². The second kappa shape index (κ2) is 12.3. The van der Waals surface area contributed by atoms with Crippen molar-refractivity contribution in [2.24, 2.45) is 0 Å². The van der Waals surface area contributed by atoms with Gasteiger partial charge in [-0.25, -0.2) is 0 Å². The fraction of sp³-hybridized carbons (Fsp3) is 0.714. The Kier molecular flexibility index (Phi) is 10.00. The standard InChI is InChI=1S/C21H37N3O2/c1-4-23(5-2)12-6-16-26-21-9-7-20(8-10-21)19(3)22-11-13-24-14-17-25-18-15-24/h7-10,19,22H,4-6,11-18H2,1-3H3. The molecule has 0 bridgehead atoms. The summed E-state index contributed by atoms with van der Waals surface area (Å²) < 4.78 is 11.3. The highest BCUT2D eigenvalue weighted by atomic mass is 16.5. The molecule has 1 heterocycles. The highest BCUT2D eigenvalue weighted by molar-refractivity contribution is 5.28. The molecule has 0 spiro atoms. The van der Waals surface area contributed by atoms with Gasteiger partial charge in [-0.05, 0) is 44.1 Å². The Morgan fingerprint density at radius 1 is 1.15 bits per heavy atom. The monoisotopic (exact) mass is 363 g/mol. The Balaban J connectivity index is 1.63. The van der Waals surface area contributed by atoms with Gasteiger partial charge >= 0.3 is 0 Å². The first-order valence-electron chi connectivity index (χ1n) is 10.2. The molecule has 0 amide bonds. The lowest BCUT2D eigenvalue weighted by atomic mass is 10.1. The first-order valence-corrected chi connectivity index (χ1v) is 10.2. The molecule has 0 saturated carbocycles. The second-order valence-electron chi connectivity index (χ2n) is 6.93. The number of nitrogens with zero attached hydrogens (tertiary/aromatic N) is 2. The van der Waals surface area contributed by atoms with E-state index >= 15 is 0 Å². The smallest absolute Gasteiger partial charge is 0.119 e. The third kappa shape index (κ3) is 7.62. The van der Waals surface area contributed by atoms with Gasteiger partial charge in [-0.2, -0.15) is 0 Å². The minimum absolute atomic E-state index is 0.354. The van der Waals surface area contributed by atoms with E-state index in [2.05, 4.69) is 60.2 Å². The molecule has 0 radical (unpaired) electrons. The molecule has 0 aromatic heterocycles. The van der Waals surface area contributed by atoms with Crippen molar-refractivity contribution in [3.05, 3.63) is 29.8 Å². The number of morpholine rings is 1. The third-order valence-corrected chi connectivity index (χ3v) is 5.14. The largest absolute Gasteiger partial charge is 0.494 e. The summed E-state index contributed by atoms with van der Waals surface area (Å²) in [6.45, 7) is 16.7. The van der Waals surface area contributed by atoms with E-state index in [4.69, 9.17) is 9.47 Å². The molecule has 1 saturated heterocycles. The molecular weight excluding hydrogens is 326 g/mol. The maximum absolute atomic E-state index is 5.88. The molecule has 2 rings (SSSR count). The van der Waals surface area contributed by atoms with Crippen LogP contribution in [0.5, 0.6) is 5.75 Å². The number of nitrogens with one attached hydrogen (secondary N) is 1. The highest BCUT2D eigenvalue weighted by Gasteiger charge is 2.11. The van der Waals surface area contributed by atoms with Crippen LogP contribution in [0.4, 0.5) is 0 Å². The molecule has 1 aliphatic rings. The first-order chi connectivity index (χ1) is 12.7. The van der Waals surface area contributed by atoms with Crippen molar-refractivity contribution < 1.29 is 9.47 Å². The lowest BCUT2D eigenvalue weighted by Crippen LogP contribution is -2.40. The molecule has 5 heteroatoms. The van der Waals surface area contributed by atoms with Gasteiger partial charge in [0.25, 0.3) is 0 Å². The van der Waals surface area contributed by atoms with Gasteiger partial charge < -0.3 is 19.7 Å². The van der Waals surface area contributed by atoms with Crippen LogP contribution >= 0.6 is 0 Å². The number of rotatable bonds is 12. The quantitative estimate of drug-likeness (QED) is 0.578. The van der Waals surface area contributed by atoms with Crippen LogP contribution in [0.25, 0.3) is 0 Å². The topological polar surface area (TPSA) is 37.0 Å². The molecule has 1 unspecified atom stereocenters. The average molecular weight is 364 g/mol. The normalized spacial score (nSPS) is 16.8. The van der Waals surface area contributed by atoms with Crippen molar-refractivity contribution in [3.8, 4) is 5.75 Å². The number of hydrogen-bond donors (Lipinski definition) is 1. The van der Waals surface area contributed by atoms with Crippen molar-refractivity contribution >= 4 is 0 Å². The molecule has 1 aliphatic heterocycles. The van der Waals surface area contributed by atoms with E-state index < -0.39 is 0 Å². The zero-order chi connectivity index (χ0) is 18.6. The van der Waals surface area contributed by atoms with Gasteiger partial charge in [0.05, 0.1) is 19.8 Å². The van der Waals surface area contributed by atoms with Crippen LogP contribution in [0.1, 0.15) is 38.8 Å². The zero-order valence-electron chi connectivity index (χ0n) is 16.9. The highest BCUT2D eigenvalue weighted by Crippen LogP contribution is 2.17. The van der Waals surface area contributed by atoms with E-state index in [9.17, 15) is 0 Å². The molecule has 26 heavy (non-hydrogen) atoms. The van der Waals surface area contributed by atoms with Gasteiger partial charge in [0.2, 0.25) is 0 Å². The lowest BCUT2D eigenvalue weighted by Gasteiger charge is -2.27. The second-order valence-corrected chi connectivity index (χ2v) is 6.93. The number of ether oxygens (including phenoxy) is 2. The van der Waals surface area contributed by atoms with E-state index in [-0.39, 0.29) is 0 Å². The summed E-state index contributed by atoms with van der Waals surface area (Å²) in [7, 11) is 0. The van der Waals surface area contributed by atoms with Crippen LogP contribution < -0.4 is 10.1 Å². The number of benzene rings is 1. The summed E-state index contributed by atoms with van der Waals surface area (Å²) in [5.74, 6) is 0.966. The fourth-order valence-electron chi connectivity index (χ4n) is 3.25. The van der Waals surface area contributed by atoms with E-state index in [0.29, 0.717) is 6.04 Å². The Labute approximate surface area is 159 Å². The van der Waals surface area contributed by atoms with Crippen LogP contribution in [0.3, 0.4) is 0 Å². The third-order valence-electron chi connectivity index (χ3n) is 5.14. The van der Waals surface area contributed by atoms with Crippen molar-refractivity contribution in [1.82, 2.24) is 15.1 Å². The summed E-state index contributed by atoms with van der Waals surface area (Å²) >= 11 is 0. The van der Waals surface area contributed by atoms with Crippen molar-refractivity contribution in [2.45, 2.75) is 33.2 Å². The van der Waals surface area contributed by atoms with Crippen LogP contribution in [-0.2, 0) is 4.74 Å². The summed E-state index contributed by atoms with van der Waals surface area (Å²) in [5.41, 5.74) is 1.31. The van der Waals surface area contributed by atoms with E-state index in [1.54, 1.807) is 0 Å². The van der Waals surface area contributed by atoms with E-state index in [1.807, 2.05) is 0 Å². The summed E-state index contributed by atoms with van der Waals surface area (Å²) in [6, 6.07) is 8.88. The molecule has 148 valence electrons.